The first-order chi connectivity index (χ1) is 15.4. The monoisotopic (exact) mass is 442 g/mol. The number of fused-ring (bicyclic) bond motifs is 1. The maximum atomic E-state index is 12.5. The van der Waals surface area contributed by atoms with E-state index in [9.17, 15) is 18.0 Å². The van der Waals surface area contributed by atoms with E-state index in [1.165, 1.54) is 18.2 Å². The molecule has 8 heteroatoms. The number of pyridine rings is 1. The molecule has 0 radical (unpaired) electrons. The SMILES string of the molecule is O=C(CCc1cccnc1)NCC1Cc2cc(-c3cccc(OC(F)(F)F)c3)ccc2O1. The van der Waals surface area contributed by atoms with E-state index in [1.807, 2.05) is 18.2 Å². The summed E-state index contributed by atoms with van der Waals surface area (Å²) in [4.78, 5) is 16.2. The van der Waals surface area contributed by atoms with Crippen LogP contribution in [0.1, 0.15) is 17.5 Å². The number of nitrogens with one attached hydrogen (secondary N) is 1. The van der Waals surface area contributed by atoms with Gasteiger partial charge in [0.1, 0.15) is 17.6 Å². The molecule has 1 amide bonds. The number of rotatable bonds is 7. The molecule has 0 spiro atoms. The van der Waals surface area contributed by atoms with Crippen molar-refractivity contribution >= 4 is 5.91 Å². The molecular weight excluding hydrogens is 421 g/mol. The van der Waals surface area contributed by atoms with E-state index >= 15 is 0 Å². The molecule has 1 aromatic heterocycles. The Morgan fingerprint density at radius 3 is 2.75 bits per heavy atom. The van der Waals surface area contributed by atoms with Crippen LogP contribution in [-0.2, 0) is 17.6 Å². The maximum Gasteiger partial charge on any atom is 0.573 e. The van der Waals surface area contributed by atoms with Gasteiger partial charge in [-0.05, 0) is 59.0 Å². The van der Waals surface area contributed by atoms with Crippen LogP contribution >= 0.6 is 0 Å². The van der Waals surface area contributed by atoms with Crippen molar-refractivity contribution < 1.29 is 27.4 Å². The van der Waals surface area contributed by atoms with Gasteiger partial charge in [0, 0.05) is 25.2 Å². The smallest absolute Gasteiger partial charge is 0.488 e. The summed E-state index contributed by atoms with van der Waals surface area (Å²) in [6, 6.07) is 15.1. The topological polar surface area (TPSA) is 60.5 Å². The van der Waals surface area contributed by atoms with Crippen molar-refractivity contribution in [2.24, 2.45) is 0 Å². The number of aromatic nitrogens is 1. The molecule has 4 rings (SSSR count). The van der Waals surface area contributed by atoms with Crippen LogP contribution in [-0.4, -0.2) is 29.9 Å². The van der Waals surface area contributed by atoms with E-state index in [-0.39, 0.29) is 17.8 Å². The van der Waals surface area contributed by atoms with Crippen LogP contribution in [0.15, 0.2) is 67.0 Å². The van der Waals surface area contributed by atoms with Crippen LogP contribution in [0.4, 0.5) is 13.2 Å². The van der Waals surface area contributed by atoms with Crippen molar-refractivity contribution in [2.45, 2.75) is 31.7 Å². The quantitative estimate of drug-likeness (QED) is 0.576. The highest BCUT2D eigenvalue weighted by Gasteiger charge is 2.31. The zero-order chi connectivity index (χ0) is 22.6. The van der Waals surface area contributed by atoms with E-state index in [4.69, 9.17) is 4.74 Å². The highest BCUT2D eigenvalue weighted by molar-refractivity contribution is 5.76. The molecule has 0 saturated carbocycles. The summed E-state index contributed by atoms with van der Waals surface area (Å²) in [6.45, 7) is 0.380. The predicted molar refractivity (Wildman–Crippen MR) is 112 cm³/mol. The lowest BCUT2D eigenvalue weighted by molar-refractivity contribution is -0.274. The Labute approximate surface area is 183 Å². The van der Waals surface area contributed by atoms with Crippen molar-refractivity contribution in [3.63, 3.8) is 0 Å². The molecule has 5 nitrogen and oxygen atoms in total. The molecule has 1 aliphatic rings. The highest BCUT2D eigenvalue weighted by Crippen LogP contribution is 2.34. The molecule has 166 valence electrons. The highest BCUT2D eigenvalue weighted by atomic mass is 19.4. The van der Waals surface area contributed by atoms with Gasteiger partial charge < -0.3 is 14.8 Å². The zero-order valence-electron chi connectivity index (χ0n) is 17.1. The maximum absolute atomic E-state index is 12.5. The lowest BCUT2D eigenvalue weighted by atomic mass is 10.0. The van der Waals surface area contributed by atoms with Gasteiger partial charge in [0.25, 0.3) is 0 Å². The second-order valence-corrected chi connectivity index (χ2v) is 7.51. The van der Waals surface area contributed by atoms with E-state index in [2.05, 4.69) is 15.0 Å². The Morgan fingerprint density at radius 2 is 1.97 bits per heavy atom. The van der Waals surface area contributed by atoms with Crippen LogP contribution in [0.3, 0.4) is 0 Å². The van der Waals surface area contributed by atoms with Gasteiger partial charge in [-0.2, -0.15) is 0 Å². The second-order valence-electron chi connectivity index (χ2n) is 7.51. The van der Waals surface area contributed by atoms with Crippen LogP contribution < -0.4 is 14.8 Å². The number of amides is 1. The normalized spacial score (nSPS) is 15.0. The first kappa shape index (κ1) is 21.7. The fraction of sp³-hybridized carbons (Fsp3) is 0.250. The van der Waals surface area contributed by atoms with E-state index in [0.29, 0.717) is 37.1 Å². The van der Waals surface area contributed by atoms with Crippen LogP contribution in [0, 0.1) is 0 Å². The Morgan fingerprint density at radius 1 is 1.12 bits per heavy atom. The molecule has 3 aromatic rings. The van der Waals surface area contributed by atoms with Gasteiger partial charge in [-0.15, -0.1) is 13.2 Å². The van der Waals surface area contributed by atoms with E-state index in [0.717, 1.165) is 16.7 Å². The van der Waals surface area contributed by atoms with E-state index < -0.39 is 6.36 Å². The first-order valence-corrected chi connectivity index (χ1v) is 10.2. The van der Waals surface area contributed by atoms with Crippen molar-refractivity contribution in [2.75, 3.05) is 6.54 Å². The minimum atomic E-state index is -4.74. The number of carbonyl (C=O) groups excluding carboxylic acids is 1. The van der Waals surface area contributed by atoms with Gasteiger partial charge >= 0.3 is 6.36 Å². The summed E-state index contributed by atoms with van der Waals surface area (Å²) >= 11 is 0. The number of ether oxygens (including phenoxy) is 2. The van der Waals surface area contributed by atoms with Gasteiger partial charge in [0.05, 0.1) is 6.54 Å². The lowest BCUT2D eigenvalue weighted by Gasteiger charge is -2.12. The second kappa shape index (κ2) is 9.30. The van der Waals surface area contributed by atoms with Crippen LogP contribution in [0.25, 0.3) is 11.1 Å². The average molecular weight is 442 g/mol. The van der Waals surface area contributed by atoms with Gasteiger partial charge in [-0.3, -0.25) is 9.78 Å². The van der Waals surface area contributed by atoms with Crippen LogP contribution in [0.2, 0.25) is 0 Å². The zero-order valence-corrected chi connectivity index (χ0v) is 17.1. The van der Waals surface area contributed by atoms with Gasteiger partial charge in [0.2, 0.25) is 5.91 Å². The predicted octanol–water partition coefficient (Wildman–Crippen LogP) is 4.70. The summed E-state index contributed by atoms with van der Waals surface area (Å²) in [7, 11) is 0. The number of nitrogens with zero attached hydrogens (tertiary/aromatic N) is 1. The molecule has 0 saturated heterocycles. The number of alkyl halides is 3. The fourth-order valence-corrected chi connectivity index (χ4v) is 3.61. The number of hydrogen-bond acceptors (Lipinski definition) is 4. The molecule has 2 aromatic carbocycles. The number of carbonyl (C=O) groups is 1. The number of halogens is 3. The molecule has 1 N–H and O–H groups in total. The Hall–Kier alpha value is -3.55. The first-order valence-electron chi connectivity index (χ1n) is 10.2. The summed E-state index contributed by atoms with van der Waals surface area (Å²) in [5.41, 5.74) is 3.33. The molecular formula is C24H21F3N2O3. The summed E-state index contributed by atoms with van der Waals surface area (Å²) in [6.07, 6.45) is 0.0918. The summed E-state index contributed by atoms with van der Waals surface area (Å²) < 4.78 is 47.4. The van der Waals surface area contributed by atoms with Crippen molar-refractivity contribution in [3.05, 3.63) is 78.1 Å². The number of benzene rings is 2. The third-order valence-electron chi connectivity index (χ3n) is 5.09. The van der Waals surface area contributed by atoms with Crippen molar-refractivity contribution in [3.8, 4) is 22.6 Å². The molecule has 1 unspecified atom stereocenters. The summed E-state index contributed by atoms with van der Waals surface area (Å²) in [5, 5.41) is 2.90. The third-order valence-corrected chi connectivity index (χ3v) is 5.09. The number of aryl methyl sites for hydroxylation is 1. The molecule has 0 bridgehead atoms. The van der Waals surface area contributed by atoms with E-state index in [1.54, 1.807) is 30.6 Å². The molecule has 0 aliphatic carbocycles. The minimum Gasteiger partial charge on any atom is -0.488 e. The molecule has 32 heavy (non-hydrogen) atoms. The van der Waals surface area contributed by atoms with Crippen LogP contribution in [0.5, 0.6) is 11.5 Å². The van der Waals surface area contributed by atoms with Crippen molar-refractivity contribution in [1.82, 2.24) is 10.3 Å². The number of hydrogen-bond donors (Lipinski definition) is 1. The van der Waals surface area contributed by atoms with Gasteiger partial charge in [-0.1, -0.05) is 24.3 Å². The molecule has 0 fully saturated rings. The summed E-state index contributed by atoms with van der Waals surface area (Å²) in [5.74, 6) is 0.389. The average Bonchev–Trinajstić information content (AvgIpc) is 3.18. The molecule has 1 atom stereocenters. The Kier molecular flexibility index (Phi) is 6.30. The fourth-order valence-electron chi connectivity index (χ4n) is 3.61. The Balaban J connectivity index is 1.33. The van der Waals surface area contributed by atoms with Gasteiger partial charge in [-0.25, -0.2) is 0 Å². The molecule has 1 aliphatic heterocycles. The van der Waals surface area contributed by atoms with Crippen molar-refractivity contribution in [1.29, 1.82) is 0 Å². The minimum absolute atomic E-state index is 0.0597. The standard InChI is InChI=1S/C24H21F3N2O3/c25-24(26,27)32-20-5-1-4-17(12-20)18-7-8-22-19(11-18)13-21(31-22)15-29-23(30)9-6-16-3-2-10-28-14-16/h1-5,7-8,10-12,14,21H,6,9,13,15H2,(H,29,30). The lowest BCUT2D eigenvalue weighted by Crippen LogP contribution is -2.34. The third kappa shape index (κ3) is 5.78. The largest absolute Gasteiger partial charge is 0.573 e. The Bertz CT molecular complexity index is 1090. The van der Waals surface area contributed by atoms with Gasteiger partial charge in [0.15, 0.2) is 0 Å². The molecule has 2 heterocycles.